The Labute approximate surface area is 121 Å². The van der Waals surface area contributed by atoms with Crippen LogP contribution < -0.4 is 4.74 Å². The molecule has 3 nitrogen and oxygen atoms in total. The van der Waals surface area contributed by atoms with Crippen molar-refractivity contribution < 1.29 is 4.74 Å². The van der Waals surface area contributed by atoms with Gasteiger partial charge in [0.1, 0.15) is 21.9 Å². The first kappa shape index (κ1) is 12.7. The van der Waals surface area contributed by atoms with Gasteiger partial charge in [-0.15, -0.1) is 0 Å². The van der Waals surface area contributed by atoms with E-state index in [4.69, 9.17) is 27.9 Å². The molecule has 0 saturated heterocycles. The minimum Gasteiger partial charge on any atom is -0.493 e. The summed E-state index contributed by atoms with van der Waals surface area (Å²) in [5, 5.41) is 0.822. The predicted molar refractivity (Wildman–Crippen MR) is 75.2 cm³/mol. The van der Waals surface area contributed by atoms with Crippen LogP contribution in [0.2, 0.25) is 10.3 Å². The molecule has 1 aromatic carbocycles. The van der Waals surface area contributed by atoms with Crippen LogP contribution in [0, 0.1) is 6.92 Å². The normalized spacial score (nSPS) is 17.7. The van der Waals surface area contributed by atoms with Crippen LogP contribution in [0.5, 0.6) is 5.75 Å². The van der Waals surface area contributed by atoms with Crippen molar-refractivity contribution in [2.45, 2.75) is 19.3 Å². The van der Waals surface area contributed by atoms with Crippen LogP contribution in [0.25, 0.3) is 0 Å². The Morgan fingerprint density at radius 2 is 1.84 bits per heavy atom. The van der Waals surface area contributed by atoms with Crippen molar-refractivity contribution in [2.24, 2.45) is 0 Å². The lowest BCUT2D eigenvalue weighted by atomic mass is 9.96. The van der Waals surface area contributed by atoms with E-state index < -0.39 is 0 Å². The quantitative estimate of drug-likeness (QED) is 0.750. The van der Waals surface area contributed by atoms with E-state index in [-0.39, 0.29) is 5.92 Å². The molecule has 3 rings (SSSR count). The maximum Gasteiger partial charge on any atom is 0.138 e. The molecule has 1 unspecified atom stereocenters. The maximum absolute atomic E-state index is 6.06. The van der Waals surface area contributed by atoms with E-state index in [0.717, 1.165) is 17.7 Å². The lowest BCUT2D eigenvalue weighted by Gasteiger charge is -2.24. The number of halogens is 2. The lowest BCUT2D eigenvalue weighted by molar-refractivity contribution is 0.257. The van der Waals surface area contributed by atoms with Gasteiger partial charge in [-0.3, -0.25) is 0 Å². The Morgan fingerprint density at radius 3 is 2.58 bits per heavy atom. The summed E-state index contributed by atoms with van der Waals surface area (Å²) in [6.45, 7) is 2.36. The lowest BCUT2D eigenvalue weighted by Crippen LogP contribution is -2.21. The second kappa shape index (κ2) is 4.99. The molecule has 1 aliphatic rings. The van der Waals surface area contributed by atoms with Gasteiger partial charge in [0.25, 0.3) is 0 Å². The molecule has 5 heteroatoms. The number of benzene rings is 1. The van der Waals surface area contributed by atoms with Crippen molar-refractivity contribution in [1.82, 2.24) is 9.97 Å². The Kier molecular flexibility index (Phi) is 3.33. The Bertz CT molecular complexity index is 608. The number of para-hydroxylation sites is 1. The van der Waals surface area contributed by atoms with Crippen molar-refractivity contribution in [3.05, 3.63) is 51.5 Å². The Hall–Kier alpha value is -1.32. The zero-order chi connectivity index (χ0) is 13.4. The van der Waals surface area contributed by atoms with E-state index in [1.807, 2.05) is 18.2 Å². The summed E-state index contributed by atoms with van der Waals surface area (Å²) >= 11 is 12.1. The number of nitrogens with zero attached hydrogens (tertiary/aromatic N) is 2. The Morgan fingerprint density at radius 1 is 1.16 bits per heavy atom. The molecule has 2 aromatic rings. The number of hydrogen-bond acceptors (Lipinski definition) is 3. The second-order valence-corrected chi connectivity index (χ2v) is 5.32. The van der Waals surface area contributed by atoms with Crippen LogP contribution in [-0.2, 0) is 6.42 Å². The molecule has 1 aromatic heterocycles. The standard InChI is InChI=1S/C14H12Cl2N2O/c1-8-12(15)17-14(18-13(8)16)10-6-9-4-2-3-5-11(9)19-7-10/h2-5,10H,6-7H2,1H3. The molecule has 0 bridgehead atoms. The van der Waals surface area contributed by atoms with Gasteiger partial charge >= 0.3 is 0 Å². The topological polar surface area (TPSA) is 35.0 Å². The fourth-order valence-corrected chi connectivity index (χ4v) is 2.56. The molecule has 0 saturated carbocycles. The summed E-state index contributed by atoms with van der Waals surface area (Å²) in [4.78, 5) is 8.64. The summed E-state index contributed by atoms with van der Waals surface area (Å²) in [5.41, 5.74) is 1.87. The van der Waals surface area contributed by atoms with Crippen molar-refractivity contribution >= 4 is 23.2 Å². The van der Waals surface area contributed by atoms with Crippen LogP contribution in [0.4, 0.5) is 0 Å². The molecule has 1 aliphatic heterocycles. The highest BCUT2D eigenvalue weighted by molar-refractivity contribution is 6.34. The monoisotopic (exact) mass is 294 g/mol. The van der Waals surface area contributed by atoms with Gasteiger partial charge in [-0.1, -0.05) is 41.4 Å². The Balaban J connectivity index is 1.93. The minimum atomic E-state index is 0.0884. The molecule has 0 fully saturated rings. The summed E-state index contributed by atoms with van der Waals surface area (Å²) in [5.74, 6) is 1.67. The molecule has 98 valence electrons. The third kappa shape index (κ3) is 2.40. The van der Waals surface area contributed by atoms with Crippen molar-refractivity contribution in [3.8, 4) is 5.75 Å². The fraction of sp³-hybridized carbons (Fsp3) is 0.286. The highest BCUT2D eigenvalue weighted by Crippen LogP contribution is 2.32. The molecule has 0 spiro atoms. The van der Waals surface area contributed by atoms with Gasteiger partial charge < -0.3 is 4.74 Å². The van der Waals surface area contributed by atoms with Gasteiger partial charge in [0.2, 0.25) is 0 Å². The van der Waals surface area contributed by atoms with Crippen molar-refractivity contribution in [3.63, 3.8) is 0 Å². The molecule has 0 aliphatic carbocycles. The first-order valence-corrected chi connectivity index (χ1v) is 6.81. The van der Waals surface area contributed by atoms with Gasteiger partial charge in [-0.25, -0.2) is 9.97 Å². The number of fused-ring (bicyclic) bond motifs is 1. The molecule has 0 radical (unpaired) electrons. The van der Waals surface area contributed by atoms with Crippen molar-refractivity contribution in [2.75, 3.05) is 6.61 Å². The summed E-state index contributed by atoms with van der Waals surface area (Å²) in [6.07, 6.45) is 0.839. The highest BCUT2D eigenvalue weighted by atomic mass is 35.5. The van der Waals surface area contributed by atoms with Crippen LogP contribution >= 0.6 is 23.2 Å². The van der Waals surface area contributed by atoms with Gasteiger partial charge in [-0.05, 0) is 25.0 Å². The SMILES string of the molecule is Cc1c(Cl)nc(C2COc3ccccc3C2)nc1Cl. The van der Waals surface area contributed by atoms with E-state index in [0.29, 0.717) is 28.3 Å². The summed E-state index contributed by atoms with van der Waals surface area (Å²) in [6, 6.07) is 8.00. The van der Waals surface area contributed by atoms with Gasteiger partial charge in [0, 0.05) is 5.56 Å². The highest BCUT2D eigenvalue weighted by Gasteiger charge is 2.24. The average molecular weight is 295 g/mol. The third-order valence-electron chi connectivity index (χ3n) is 3.29. The van der Waals surface area contributed by atoms with E-state index >= 15 is 0 Å². The molecule has 0 amide bonds. The van der Waals surface area contributed by atoms with E-state index in [1.54, 1.807) is 6.92 Å². The second-order valence-electron chi connectivity index (χ2n) is 4.61. The number of aromatic nitrogens is 2. The number of rotatable bonds is 1. The summed E-state index contributed by atoms with van der Waals surface area (Å²) < 4.78 is 5.73. The first-order valence-electron chi connectivity index (χ1n) is 6.05. The van der Waals surface area contributed by atoms with Crippen LogP contribution in [-0.4, -0.2) is 16.6 Å². The predicted octanol–water partition coefficient (Wildman–Crippen LogP) is 3.81. The van der Waals surface area contributed by atoms with Crippen molar-refractivity contribution in [1.29, 1.82) is 0 Å². The minimum absolute atomic E-state index is 0.0884. The number of hydrogen-bond donors (Lipinski definition) is 0. The molecular weight excluding hydrogens is 283 g/mol. The fourth-order valence-electron chi connectivity index (χ4n) is 2.16. The average Bonchev–Trinajstić information content (AvgIpc) is 2.43. The molecule has 2 heterocycles. The van der Waals surface area contributed by atoms with Crippen LogP contribution in [0.15, 0.2) is 24.3 Å². The largest absolute Gasteiger partial charge is 0.493 e. The zero-order valence-corrected chi connectivity index (χ0v) is 11.9. The molecule has 0 N–H and O–H groups in total. The van der Waals surface area contributed by atoms with Crippen LogP contribution in [0.3, 0.4) is 0 Å². The van der Waals surface area contributed by atoms with Gasteiger partial charge in [0.05, 0.1) is 12.5 Å². The first-order chi connectivity index (χ1) is 9.15. The number of ether oxygens (including phenoxy) is 1. The van der Waals surface area contributed by atoms with Gasteiger partial charge in [0.15, 0.2) is 0 Å². The maximum atomic E-state index is 6.06. The van der Waals surface area contributed by atoms with E-state index in [2.05, 4.69) is 16.0 Å². The van der Waals surface area contributed by atoms with E-state index in [9.17, 15) is 0 Å². The molecular formula is C14H12Cl2N2O. The zero-order valence-electron chi connectivity index (χ0n) is 10.4. The smallest absolute Gasteiger partial charge is 0.138 e. The van der Waals surface area contributed by atoms with E-state index in [1.165, 1.54) is 0 Å². The summed E-state index contributed by atoms with van der Waals surface area (Å²) in [7, 11) is 0. The molecule has 19 heavy (non-hydrogen) atoms. The molecule has 1 atom stereocenters. The third-order valence-corrected chi connectivity index (χ3v) is 4.02. The van der Waals surface area contributed by atoms with Crippen LogP contribution in [0.1, 0.15) is 22.9 Å². The van der Waals surface area contributed by atoms with Gasteiger partial charge in [-0.2, -0.15) is 0 Å².